The molecule has 0 aliphatic heterocycles. The second-order valence-electron chi connectivity index (χ2n) is 5.52. The van der Waals surface area contributed by atoms with Crippen LogP contribution in [-0.4, -0.2) is 32.2 Å². The molecule has 0 radical (unpaired) electrons. The number of carbonyl (C=O) groups excluding carboxylic acids is 2. The first-order valence-electron chi connectivity index (χ1n) is 8.51. The smallest absolute Gasteiger partial charge is 0.349 e. The van der Waals surface area contributed by atoms with Crippen molar-refractivity contribution in [2.24, 2.45) is 0 Å². The minimum absolute atomic E-state index is 0.209. The molecule has 0 aromatic heterocycles. The molecule has 0 heterocycles. The molecule has 2 aromatic carbocycles. The number of ether oxygens (including phenoxy) is 3. The fourth-order valence-electron chi connectivity index (χ4n) is 2.21. The summed E-state index contributed by atoms with van der Waals surface area (Å²) in [5, 5.41) is 11.8. The second kappa shape index (κ2) is 10.4. The first-order valence-corrected chi connectivity index (χ1v) is 8.51. The number of hydrogen-bond acceptors (Lipinski definition) is 6. The zero-order valence-corrected chi connectivity index (χ0v) is 15.6. The van der Waals surface area contributed by atoms with Gasteiger partial charge in [-0.2, -0.15) is 5.26 Å². The summed E-state index contributed by atoms with van der Waals surface area (Å²) in [6, 6.07) is 15.4. The minimum Gasteiger partial charge on any atom is -0.497 e. The zero-order chi connectivity index (χ0) is 20.4. The van der Waals surface area contributed by atoms with Crippen molar-refractivity contribution in [2.75, 3.05) is 25.6 Å². The van der Waals surface area contributed by atoms with E-state index in [9.17, 15) is 14.9 Å². The Morgan fingerprint density at radius 2 is 1.71 bits per heavy atom. The molecule has 0 saturated heterocycles. The van der Waals surface area contributed by atoms with Crippen LogP contribution in [-0.2, 0) is 14.3 Å². The third-order valence-corrected chi connectivity index (χ3v) is 3.55. The molecule has 2 aromatic rings. The number of nitriles is 1. The average molecular weight is 380 g/mol. The lowest BCUT2D eigenvalue weighted by Gasteiger charge is -2.08. The van der Waals surface area contributed by atoms with E-state index >= 15 is 0 Å². The average Bonchev–Trinajstić information content (AvgIpc) is 2.72. The van der Waals surface area contributed by atoms with Crippen molar-refractivity contribution in [3.05, 3.63) is 59.7 Å². The van der Waals surface area contributed by atoms with Gasteiger partial charge in [0.25, 0.3) is 5.91 Å². The van der Waals surface area contributed by atoms with Gasteiger partial charge in [0.15, 0.2) is 6.61 Å². The fraction of sp³-hybridized carbons (Fsp3) is 0.190. The monoisotopic (exact) mass is 380 g/mol. The quantitative estimate of drug-likeness (QED) is 0.429. The highest BCUT2D eigenvalue weighted by Crippen LogP contribution is 2.16. The van der Waals surface area contributed by atoms with Gasteiger partial charge in [0.2, 0.25) is 0 Å². The molecule has 1 N–H and O–H groups in total. The van der Waals surface area contributed by atoms with Gasteiger partial charge in [-0.25, -0.2) is 4.79 Å². The first kappa shape index (κ1) is 20.5. The van der Waals surface area contributed by atoms with Gasteiger partial charge in [0, 0.05) is 5.69 Å². The van der Waals surface area contributed by atoms with E-state index in [-0.39, 0.29) is 5.57 Å². The van der Waals surface area contributed by atoms with Gasteiger partial charge >= 0.3 is 5.97 Å². The third kappa shape index (κ3) is 6.18. The molecule has 0 unspecified atom stereocenters. The number of nitrogens with one attached hydrogen (secondary N) is 1. The van der Waals surface area contributed by atoms with Gasteiger partial charge in [0.05, 0.1) is 13.7 Å². The molecule has 2 rings (SSSR count). The van der Waals surface area contributed by atoms with Crippen LogP contribution in [0.4, 0.5) is 5.69 Å². The molecule has 0 aliphatic carbocycles. The molecule has 28 heavy (non-hydrogen) atoms. The SMILES string of the molecule is CCOc1ccc(NC(=O)COC(=O)/C(C#N)=C/c2ccc(OC)cc2)cc1. The van der Waals surface area contributed by atoms with Gasteiger partial charge in [-0.05, 0) is 55.0 Å². The summed E-state index contributed by atoms with van der Waals surface area (Å²) < 4.78 is 15.3. The van der Waals surface area contributed by atoms with Crippen LogP contribution in [0, 0.1) is 11.3 Å². The van der Waals surface area contributed by atoms with Crippen LogP contribution in [0.1, 0.15) is 12.5 Å². The second-order valence-corrected chi connectivity index (χ2v) is 5.52. The first-order chi connectivity index (χ1) is 13.5. The minimum atomic E-state index is -0.875. The van der Waals surface area contributed by atoms with Crippen molar-refractivity contribution in [2.45, 2.75) is 6.92 Å². The Morgan fingerprint density at radius 1 is 1.07 bits per heavy atom. The Bertz CT molecular complexity index is 881. The maximum absolute atomic E-state index is 12.0. The highest BCUT2D eigenvalue weighted by molar-refractivity contribution is 6.00. The van der Waals surface area contributed by atoms with E-state index in [0.717, 1.165) is 0 Å². The highest BCUT2D eigenvalue weighted by atomic mass is 16.5. The third-order valence-electron chi connectivity index (χ3n) is 3.55. The topological polar surface area (TPSA) is 97.6 Å². The number of amides is 1. The predicted octanol–water partition coefficient (Wildman–Crippen LogP) is 3.18. The Morgan fingerprint density at radius 3 is 2.29 bits per heavy atom. The molecule has 0 atom stereocenters. The lowest BCUT2D eigenvalue weighted by atomic mass is 10.1. The summed E-state index contributed by atoms with van der Waals surface area (Å²) in [5.41, 5.74) is 0.964. The zero-order valence-electron chi connectivity index (χ0n) is 15.6. The summed E-state index contributed by atoms with van der Waals surface area (Å²) in [6.45, 7) is 1.92. The van der Waals surface area contributed by atoms with E-state index in [1.54, 1.807) is 61.7 Å². The molecular weight excluding hydrogens is 360 g/mol. The Kier molecular flexibility index (Phi) is 7.61. The molecule has 0 saturated carbocycles. The summed E-state index contributed by atoms with van der Waals surface area (Å²) in [7, 11) is 1.54. The Hall–Kier alpha value is -3.79. The van der Waals surface area contributed by atoms with Gasteiger partial charge in [-0.3, -0.25) is 4.79 Å². The molecule has 0 bridgehead atoms. The number of anilines is 1. The molecule has 144 valence electrons. The van der Waals surface area contributed by atoms with Crippen LogP contribution in [0.2, 0.25) is 0 Å². The lowest BCUT2D eigenvalue weighted by molar-refractivity contribution is -0.142. The van der Waals surface area contributed by atoms with Crippen molar-refractivity contribution >= 4 is 23.6 Å². The van der Waals surface area contributed by atoms with Crippen molar-refractivity contribution in [1.29, 1.82) is 5.26 Å². The molecule has 1 amide bonds. The fourth-order valence-corrected chi connectivity index (χ4v) is 2.21. The van der Waals surface area contributed by atoms with E-state index in [1.807, 2.05) is 6.92 Å². The summed E-state index contributed by atoms with van der Waals surface area (Å²) in [6.07, 6.45) is 1.38. The number of carbonyl (C=O) groups is 2. The van der Waals surface area contributed by atoms with E-state index < -0.39 is 18.5 Å². The molecular formula is C21H20N2O5. The van der Waals surface area contributed by atoms with Gasteiger partial charge in [0.1, 0.15) is 23.1 Å². The number of methoxy groups -OCH3 is 1. The summed E-state index contributed by atoms with van der Waals surface area (Å²) >= 11 is 0. The van der Waals surface area contributed by atoms with Gasteiger partial charge in [-0.15, -0.1) is 0 Å². The highest BCUT2D eigenvalue weighted by Gasteiger charge is 2.13. The van der Waals surface area contributed by atoms with Crippen LogP contribution in [0.3, 0.4) is 0 Å². The van der Waals surface area contributed by atoms with Crippen molar-refractivity contribution in [3.63, 3.8) is 0 Å². The number of nitrogens with zero attached hydrogens (tertiary/aromatic N) is 1. The number of hydrogen-bond donors (Lipinski definition) is 1. The summed E-state index contributed by atoms with van der Waals surface area (Å²) in [4.78, 5) is 24.0. The molecule has 0 fully saturated rings. The molecule has 7 nitrogen and oxygen atoms in total. The largest absolute Gasteiger partial charge is 0.497 e. The molecule has 0 aliphatic rings. The Labute approximate surface area is 163 Å². The van der Waals surface area contributed by atoms with Crippen LogP contribution < -0.4 is 14.8 Å². The molecule has 7 heteroatoms. The summed E-state index contributed by atoms with van der Waals surface area (Å²) in [5.74, 6) is -0.0436. The van der Waals surface area contributed by atoms with Crippen LogP contribution in [0.25, 0.3) is 6.08 Å². The van der Waals surface area contributed by atoms with Crippen LogP contribution in [0.5, 0.6) is 11.5 Å². The van der Waals surface area contributed by atoms with Crippen molar-refractivity contribution in [3.8, 4) is 17.6 Å². The standard InChI is InChI=1S/C21H20N2O5/c1-3-27-19-10-6-17(7-11-19)23-20(24)14-28-21(25)16(13-22)12-15-4-8-18(26-2)9-5-15/h4-12H,3,14H2,1-2H3,(H,23,24)/b16-12+. The number of esters is 1. The van der Waals surface area contributed by atoms with Gasteiger partial charge in [-0.1, -0.05) is 12.1 Å². The molecule has 0 spiro atoms. The Balaban J connectivity index is 1.90. The lowest BCUT2D eigenvalue weighted by Crippen LogP contribution is -2.21. The normalized spacial score (nSPS) is 10.5. The van der Waals surface area contributed by atoms with Gasteiger partial charge < -0.3 is 19.5 Å². The maximum atomic E-state index is 12.0. The van der Waals surface area contributed by atoms with Crippen molar-refractivity contribution < 1.29 is 23.8 Å². The van der Waals surface area contributed by atoms with E-state index in [1.165, 1.54) is 6.08 Å². The maximum Gasteiger partial charge on any atom is 0.349 e. The van der Waals surface area contributed by atoms with E-state index in [2.05, 4.69) is 5.32 Å². The number of rotatable bonds is 8. The van der Waals surface area contributed by atoms with E-state index in [0.29, 0.717) is 29.4 Å². The van der Waals surface area contributed by atoms with Crippen LogP contribution in [0.15, 0.2) is 54.1 Å². The van der Waals surface area contributed by atoms with E-state index in [4.69, 9.17) is 14.2 Å². The predicted molar refractivity (Wildman–Crippen MR) is 104 cm³/mol. The van der Waals surface area contributed by atoms with Crippen molar-refractivity contribution in [1.82, 2.24) is 0 Å². The van der Waals surface area contributed by atoms with Crippen LogP contribution >= 0.6 is 0 Å². The number of benzene rings is 2.